The molecule has 2 aliphatic rings. The van der Waals surface area contributed by atoms with E-state index in [9.17, 15) is 0 Å². The van der Waals surface area contributed by atoms with Crippen molar-refractivity contribution in [1.29, 1.82) is 0 Å². The molecule has 4 unspecified atom stereocenters. The van der Waals surface area contributed by atoms with E-state index in [4.69, 9.17) is 9.47 Å². The number of piperidine rings is 1. The van der Waals surface area contributed by atoms with Crippen molar-refractivity contribution in [2.45, 2.75) is 57.3 Å². The molecule has 0 radical (unpaired) electrons. The van der Waals surface area contributed by atoms with Crippen molar-refractivity contribution in [2.75, 3.05) is 20.2 Å². The van der Waals surface area contributed by atoms with Gasteiger partial charge in [0.25, 0.3) is 0 Å². The van der Waals surface area contributed by atoms with Gasteiger partial charge in [-0.25, -0.2) is 0 Å². The number of hydrogen-bond donors (Lipinski definition) is 1. The molecular weight excluding hydrogens is 202 g/mol. The van der Waals surface area contributed by atoms with E-state index in [1.807, 2.05) is 7.11 Å². The first kappa shape index (κ1) is 12.3. The van der Waals surface area contributed by atoms with Crippen molar-refractivity contribution in [2.24, 2.45) is 5.92 Å². The molecule has 4 atom stereocenters. The maximum atomic E-state index is 6.23. The molecule has 1 saturated carbocycles. The fourth-order valence-corrected chi connectivity index (χ4v) is 2.83. The number of methoxy groups -OCH3 is 1. The van der Waals surface area contributed by atoms with E-state index in [1.165, 1.54) is 25.7 Å². The maximum absolute atomic E-state index is 6.23. The zero-order chi connectivity index (χ0) is 11.4. The van der Waals surface area contributed by atoms with Gasteiger partial charge in [-0.15, -0.1) is 0 Å². The molecule has 0 aromatic rings. The van der Waals surface area contributed by atoms with E-state index < -0.39 is 0 Å². The van der Waals surface area contributed by atoms with E-state index in [0.29, 0.717) is 24.2 Å². The van der Waals surface area contributed by atoms with Crippen molar-refractivity contribution >= 4 is 0 Å². The average molecular weight is 227 g/mol. The molecule has 2 fully saturated rings. The van der Waals surface area contributed by atoms with E-state index in [2.05, 4.69) is 12.2 Å². The summed E-state index contributed by atoms with van der Waals surface area (Å²) >= 11 is 0. The highest BCUT2D eigenvalue weighted by atomic mass is 16.5. The van der Waals surface area contributed by atoms with Crippen LogP contribution >= 0.6 is 0 Å². The second-order valence-corrected chi connectivity index (χ2v) is 5.29. The molecule has 3 heteroatoms. The smallest absolute Gasteiger partial charge is 0.0729 e. The molecule has 1 heterocycles. The van der Waals surface area contributed by atoms with Crippen LogP contribution in [-0.2, 0) is 9.47 Å². The van der Waals surface area contributed by atoms with Crippen LogP contribution in [0.2, 0.25) is 0 Å². The summed E-state index contributed by atoms with van der Waals surface area (Å²) in [7, 11) is 1.82. The summed E-state index contributed by atoms with van der Waals surface area (Å²) in [5.74, 6) is 0.698. The van der Waals surface area contributed by atoms with Gasteiger partial charge < -0.3 is 14.8 Å². The molecule has 3 nitrogen and oxygen atoms in total. The molecule has 1 aliphatic heterocycles. The predicted octanol–water partition coefficient (Wildman–Crippen LogP) is 1.96. The second-order valence-electron chi connectivity index (χ2n) is 5.29. The van der Waals surface area contributed by atoms with Crippen LogP contribution in [-0.4, -0.2) is 38.5 Å². The third-order valence-electron chi connectivity index (χ3n) is 4.04. The predicted molar refractivity (Wildman–Crippen MR) is 64.6 cm³/mol. The average Bonchev–Trinajstić information content (AvgIpc) is 2.32. The van der Waals surface area contributed by atoms with Crippen molar-refractivity contribution in [3.8, 4) is 0 Å². The molecule has 0 aromatic carbocycles. The number of hydrogen-bond acceptors (Lipinski definition) is 3. The first-order chi connectivity index (χ1) is 7.79. The molecule has 16 heavy (non-hydrogen) atoms. The second kappa shape index (κ2) is 5.99. The van der Waals surface area contributed by atoms with Crippen LogP contribution in [0.25, 0.3) is 0 Å². The quantitative estimate of drug-likeness (QED) is 0.799. The van der Waals surface area contributed by atoms with Crippen molar-refractivity contribution < 1.29 is 9.47 Å². The van der Waals surface area contributed by atoms with Gasteiger partial charge in [0.05, 0.1) is 18.3 Å². The van der Waals surface area contributed by atoms with Crippen molar-refractivity contribution in [1.82, 2.24) is 5.32 Å². The first-order valence-corrected chi connectivity index (χ1v) is 6.68. The minimum absolute atomic E-state index is 0.411. The van der Waals surface area contributed by atoms with Gasteiger partial charge in [0, 0.05) is 13.7 Å². The Morgan fingerprint density at radius 3 is 2.69 bits per heavy atom. The number of rotatable bonds is 3. The molecule has 0 aromatic heterocycles. The van der Waals surface area contributed by atoms with Gasteiger partial charge in [-0.3, -0.25) is 0 Å². The summed E-state index contributed by atoms with van der Waals surface area (Å²) < 4.78 is 11.7. The summed E-state index contributed by atoms with van der Waals surface area (Å²) in [6, 6.07) is 0. The van der Waals surface area contributed by atoms with E-state index in [1.54, 1.807) is 0 Å². The van der Waals surface area contributed by atoms with Gasteiger partial charge in [-0.2, -0.15) is 0 Å². The summed E-state index contributed by atoms with van der Waals surface area (Å²) in [6.07, 6.45) is 7.24. The summed E-state index contributed by atoms with van der Waals surface area (Å²) in [4.78, 5) is 0. The maximum Gasteiger partial charge on any atom is 0.0729 e. The van der Waals surface area contributed by atoms with Gasteiger partial charge in [0.15, 0.2) is 0 Å². The third-order valence-corrected chi connectivity index (χ3v) is 4.04. The molecule has 1 N–H and O–H groups in total. The molecule has 0 amide bonds. The Balaban J connectivity index is 1.79. The van der Waals surface area contributed by atoms with Crippen LogP contribution < -0.4 is 5.32 Å². The molecule has 0 bridgehead atoms. The Morgan fingerprint density at radius 2 is 1.94 bits per heavy atom. The van der Waals surface area contributed by atoms with Crippen molar-refractivity contribution in [3.63, 3.8) is 0 Å². The molecule has 1 aliphatic carbocycles. The summed E-state index contributed by atoms with van der Waals surface area (Å²) in [6.45, 7) is 4.48. The van der Waals surface area contributed by atoms with Gasteiger partial charge in [-0.1, -0.05) is 6.92 Å². The van der Waals surface area contributed by atoms with Gasteiger partial charge in [-0.05, 0) is 44.6 Å². The Morgan fingerprint density at radius 1 is 1.12 bits per heavy atom. The lowest BCUT2D eigenvalue weighted by atomic mass is 9.93. The lowest BCUT2D eigenvalue weighted by Gasteiger charge is -2.36. The molecule has 1 saturated heterocycles. The van der Waals surface area contributed by atoms with E-state index in [0.717, 1.165) is 19.5 Å². The molecular formula is C13H25NO2. The summed E-state index contributed by atoms with van der Waals surface area (Å²) in [5, 5.41) is 3.42. The Hall–Kier alpha value is -0.120. The molecule has 0 spiro atoms. The fourth-order valence-electron chi connectivity index (χ4n) is 2.83. The third kappa shape index (κ3) is 3.19. The fraction of sp³-hybridized carbons (Fsp3) is 1.00. The normalized spacial score (nSPS) is 40.9. The van der Waals surface area contributed by atoms with Crippen LogP contribution in [0.1, 0.15) is 39.0 Å². The number of ether oxygens (including phenoxy) is 2. The van der Waals surface area contributed by atoms with E-state index in [-0.39, 0.29) is 0 Å². The monoisotopic (exact) mass is 227 g/mol. The van der Waals surface area contributed by atoms with Crippen molar-refractivity contribution in [3.05, 3.63) is 0 Å². The summed E-state index contributed by atoms with van der Waals surface area (Å²) in [5.41, 5.74) is 0. The highest BCUT2D eigenvalue weighted by Crippen LogP contribution is 2.26. The zero-order valence-corrected chi connectivity index (χ0v) is 10.6. The lowest BCUT2D eigenvalue weighted by molar-refractivity contribution is -0.0865. The molecule has 2 rings (SSSR count). The SMILES string of the molecule is COC1CCCC(OC2CNCCC2C)C1. The molecule has 94 valence electrons. The van der Waals surface area contributed by atoms with Crippen LogP contribution in [0.5, 0.6) is 0 Å². The topological polar surface area (TPSA) is 30.5 Å². The zero-order valence-electron chi connectivity index (χ0n) is 10.6. The van der Waals surface area contributed by atoms with Crippen LogP contribution in [0.15, 0.2) is 0 Å². The minimum Gasteiger partial charge on any atom is -0.381 e. The van der Waals surface area contributed by atoms with Gasteiger partial charge >= 0.3 is 0 Å². The highest BCUT2D eigenvalue weighted by Gasteiger charge is 2.28. The Labute approximate surface area is 98.9 Å². The van der Waals surface area contributed by atoms with Crippen LogP contribution in [0.3, 0.4) is 0 Å². The Bertz CT molecular complexity index is 210. The van der Waals surface area contributed by atoms with Gasteiger partial charge in [0.1, 0.15) is 0 Å². The minimum atomic E-state index is 0.411. The first-order valence-electron chi connectivity index (χ1n) is 6.68. The van der Waals surface area contributed by atoms with Crippen LogP contribution in [0, 0.1) is 5.92 Å². The Kier molecular flexibility index (Phi) is 4.62. The lowest BCUT2D eigenvalue weighted by Crippen LogP contribution is -2.44. The highest BCUT2D eigenvalue weighted by molar-refractivity contribution is 4.80. The van der Waals surface area contributed by atoms with E-state index >= 15 is 0 Å². The van der Waals surface area contributed by atoms with Gasteiger partial charge in [0.2, 0.25) is 0 Å². The largest absolute Gasteiger partial charge is 0.381 e. The van der Waals surface area contributed by atoms with Crippen LogP contribution in [0.4, 0.5) is 0 Å². The standard InChI is InChI=1S/C13H25NO2/c1-10-6-7-14-9-13(10)16-12-5-3-4-11(8-12)15-2/h10-14H,3-9H2,1-2H3. The number of nitrogens with one attached hydrogen (secondary N) is 1.